The van der Waals surface area contributed by atoms with Gasteiger partial charge in [-0.05, 0) is 90.3 Å². The minimum atomic E-state index is 0.627. The number of rotatable bonds is 5. The zero-order chi connectivity index (χ0) is 37.5. The molecule has 0 radical (unpaired) electrons. The van der Waals surface area contributed by atoms with E-state index < -0.39 is 0 Å². The van der Waals surface area contributed by atoms with Gasteiger partial charge in [0, 0.05) is 32.8 Å². The first-order valence-corrected chi connectivity index (χ1v) is 19.3. The number of hydrogen-bond acceptors (Lipinski definition) is 4. The monoisotopic (exact) mass is 725 g/mol. The summed E-state index contributed by atoms with van der Waals surface area (Å²) in [4.78, 5) is 15.5. The summed E-state index contributed by atoms with van der Waals surface area (Å²) < 4.78 is 6.46. The van der Waals surface area contributed by atoms with Crippen molar-refractivity contribution in [2.45, 2.75) is 0 Å². The predicted molar refractivity (Wildman–Crippen MR) is 235 cm³/mol. The van der Waals surface area contributed by atoms with Crippen LogP contribution in [0.15, 0.2) is 192 Å². The number of nitrogens with zero attached hydrogens (tertiary/aromatic N) is 3. The maximum atomic E-state index is 6.46. The normalized spacial score (nSPS) is 11.9. The van der Waals surface area contributed by atoms with Crippen LogP contribution in [0.3, 0.4) is 0 Å². The van der Waals surface area contributed by atoms with Crippen LogP contribution >= 0.6 is 0 Å². The molecule has 0 aliphatic rings. The Morgan fingerprint density at radius 2 is 0.912 bits per heavy atom. The number of aromatic nitrogens is 3. The molecule has 0 saturated heterocycles. The summed E-state index contributed by atoms with van der Waals surface area (Å²) in [5, 5.41) is 11.7. The van der Waals surface area contributed by atoms with Crippen molar-refractivity contribution < 1.29 is 4.42 Å². The molecule has 0 aliphatic carbocycles. The Balaban J connectivity index is 1.06. The van der Waals surface area contributed by atoms with Gasteiger partial charge in [-0.1, -0.05) is 158 Å². The highest BCUT2D eigenvalue weighted by Crippen LogP contribution is 2.47. The molecule has 0 spiro atoms. The Morgan fingerprint density at radius 1 is 0.281 bits per heavy atom. The highest BCUT2D eigenvalue weighted by atomic mass is 16.3. The predicted octanol–water partition coefficient (Wildman–Crippen LogP) is 14.2. The quantitative estimate of drug-likeness (QED) is 0.166. The van der Waals surface area contributed by atoms with Crippen LogP contribution < -0.4 is 0 Å². The van der Waals surface area contributed by atoms with Crippen LogP contribution in [0, 0.1) is 0 Å². The summed E-state index contributed by atoms with van der Waals surface area (Å²) in [6, 6.07) is 66.3. The molecule has 0 amide bonds. The van der Waals surface area contributed by atoms with Gasteiger partial charge in [-0.3, -0.25) is 0 Å². The lowest BCUT2D eigenvalue weighted by Crippen LogP contribution is -2.00. The summed E-state index contributed by atoms with van der Waals surface area (Å²) in [5.74, 6) is 1.91. The third-order valence-corrected chi connectivity index (χ3v) is 11.5. The molecule has 12 aromatic rings. The van der Waals surface area contributed by atoms with E-state index in [1.54, 1.807) is 0 Å². The molecule has 0 N–H and O–H groups in total. The van der Waals surface area contributed by atoms with Gasteiger partial charge in [0.15, 0.2) is 17.5 Å². The lowest BCUT2D eigenvalue weighted by Gasteiger charge is -2.14. The summed E-state index contributed by atoms with van der Waals surface area (Å²) in [6.45, 7) is 0. The molecule has 0 aliphatic heterocycles. The van der Waals surface area contributed by atoms with Crippen LogP contribution in [0.25, 0.3) is 121 Å². The van der Waals surface area contributed by atoms with E-state index in [1.807, 2.05) is 0 Å². The molecule has 4 nitrogen and oxygen atoms in total. The van der Waals surface area contributed by atoms with Gasteiger partial charge >= 0.3 is 0 Å². The van der Waals surface area contributed by atoms with Crippen molar-refractivity contribution in [2.75, 3.05) is 0 Å². The minimum absolute atomic E-state index is 0.627. The number of fused-ring (bicyclic) bond motifs is 5. The Bertz CT molecular complexity index is 3530. The third kappa shape index (κ3) is 5.04. The Hall–Kier alpha value is -7.69. The summed E-state index contributed by atoms with van der Waals surface area (Å²) >= 11 is 0. The van der Waals surface area contributed by atoms with Crippen LogP contribution in [0.2, 0.25) is 0 Å². The standard InChI is InChI=1S/C53H31N3O/c1-2-12-34(13-3-1)41-27-28-47-50-48(41)45-31-37(25-26-42(45)43-20-10-22-46(57-47)49(43)50)36-17-8-18-38(30-36)51-54-52(39-24-23-32-11-4-5-15-35(32)29-39)56-53(55-51)44-21-9-16-33-14-6-7-19-40(33)44/h1-31H. The number of hydrogen-bond donors (Lipinski definition) is 0. The van der Waals surface area contributed by atoms with Gasteiger partial charge in [0.25, 0.3) is 0 Å². The second-order valence-electron chi connectivity index (χ2n) is 14.7. The first-order valence-electron chi connectivity index (χ1n) is 19.3. The average molecular weight is 726 g/mol. The van der Waals surface area contributed by atoms with E-state index in [0.717, 1.165) is 55.1 Å². The van der Waals surface area contributed by atoms with Gasteiger partial charge in [-0.25, -0.2) is 15.0 Å². The fraction of sp³-hybridized carbons (Fsp3) is 0. The largest absolute Gasteiger partial charge is 0.456 e. The lowest BCUT2D eigenvalue weighted by molar-refractivity contribution is 0.669. The molecule has 2 aromatic heterocycles. The maximum Gasteiger partial charge on any atom is 0.164 e. The van der Waals surface area contributed by atoms with E-state index in [9.17, 15) is 0 Å². The molecule has 264 valence electrons. The molecule has 10 aromatic carbocycles. The van der Waals surface area contributed by atoms with Gasteiger partial charge in [0.2, 0.25) is 0 Å². The van der Waals surface area contributed by atoms with E-state index in [1.165, 1.54) is 48.8 Å². The van der Waals surface area contributed by atoms with Crippen LogP contribution in [-0.4, -0.2) is 15.0 Å². The minimum Gasteiger partial charge on any atom is -0.456 e. The van der Waals surface area contributed by atoms with Gasteiger partial charge < -0.3 is 4.42 Å². The Labute approximate surface area is 327 Å². The molecule has 0 bridgehead atoms. The van der Waals surface area contributed by atoms with E-state index >= 15 is 0 Å². The molecule has 0 atom stereocenters. The first kappa shape index (κ1) is 31.6. The zero-order valence-electron chi connectivity index (χ0n) is 30.6. The Kier molecular flexibility index (Phi) is 6.89. The SMILES string of the molecule is c1ccc(-c2ccc3oc4cccc5c6ccc(-c7cccc(-c8nc(-c9ccc%10ccccc%10c9)nc(-c9cccc%10ccccc9%10)n8)c7)cc6c2c3c45)cc1. The molecule has 12 rings (SSSR count). The van der Waals surface area contributed by atoms with E-state index in [-0.39, 0.29) is 0 Å². The average Bonchev–Trinajstić information content (AvgIpc) is 3.67. The molecule has 0 unspecified atom stereocenters. The van der Waals surface area contributed by atoms with Crippen molar-refractivity contribution in [3.05, 3.63) is 188 Å². The van der Waals surface area contributed by atoms with E-state index in [4.69, 9.17) is 19.4 Å². The summed E-state index contributed by atoms with van der Waals surface area (Å²) in [7, 11) is 0. The second-order valence-corrected chi connectivity index (χ2v) is 14.7. The lowest BCUT2D eigenvalue weighted by atomic mass is 9.88. The van der Waals surface area contributed by atoms with E-state index in [0.29, 0.717) is 17.5 Å². The van der Waals surface area contributed by atoms with Crippen LogP contribution in [-0.2, 0) is 0 Å². The van der Waals surface area contributed by atoms with Crippen LogP contribution in [0.4, 0.5) is 0 Å². The smallest absolute Gasteiger partial charge is 0.164 e. The number of furan rings is 1. The molecule has 57 heavy (non-hydrogen) atoms. The van der Waals surface area contributed by atoms with Crippen LogP contribution in [0.1, 0.15) is 0 Å². The highest BCUT2D eigenvalue weighted by Gasteiger charge is 2.21. The van der Waals surface area contributed by atoms with Crippen molar-refractivity contribution in [3.8, 4) is 56.4 Å². The maximum absolute atomic E-state index is 6.46. The van der Waals surface area contributed by atoms with Crippen molar-refractivity contribution in [3.63, 3.8) is 0 Å². The number of benzene rings is 10. The van der Waals surface area contributed by atoms with Gasteiger partial charge in [0.1, 0.15) is 11.2 Å². The molecular weight excluding hydrogens is 695 g/mol. The van der Waals surface area contributed by atoms with Crippen LogP contribution in [0.5, 0.6) is 0 Å². The first-order chi connectivity index (χ1) is 28.2. The van der Waals surface area contributed by atoms with Crippen molar-refractivity contribution in [1.82, 2.24) is 15.0 Å². The molecule has 4 heteroatoms. The molecule has 0 saturated carbocycles. The second kappa shape index (κ2) is 12.4. The topological polar surface area (TPSA) is 51.8 Å². The highest BCUT2D eigenvalue weighted by molar-refractivity contribution is 6.35. The summed E-state index contributed by atoms with van der Waals surface area (Å²) in [5.41, 5.74) is 9.24. The van der Waals surface area contributed by atoms with Gasteiger partial charge in [0.05, 0.1) is 0 Å². The van der Waals surface area contributed by atoms with Crippen molar-refractivity contribution in [2.24, 2.45) is 0 Å². The fourth-order valence-electron chi connectivity index (χ4n) is 8.78. The van der Waals surface area contributed by atoms with Gasteiger partial charge in [-0.2, -0.15) is 0 Å². The third-order valence-electron chi connectivity index (χ3n) is 11.5. The summed E-state index contributed by atoms with van der Waals surface area (Å²) in [6.07, 6.45) is 0. The van der Waals surface area contributed by atoms with Crippen molar-refractivity contribution in [1.29, 1.82) is 0 Å². The fourth-order valence-corrected chi connectivity index (χ4v) is 8.78. The Morgan fingerprint density at radius 3 is 1.81 bits per heavy atom. The molecule has 0 fully saturated rings. The van der Waals surface area contributed by atoms with Crippen molar-refractivity contribution >= 4 is 65.0 Å². The van der Waals surface area contributed by atoms with E-state index in [2.05, 4.69) is 188 Å². The molecular formula is C53H31N3O. The zero-order valence-corrected chi connectivity index (χ0v) is 30.6. The molecule has 2 heterocycles. The van der Waals surface area contributed by atoms with Gasteiger partial charge in [-0.15, -0.1) is 0 Å².